The molecule has 1 N–H and O–H groups in total. The van der Waals surface area contributed by atoms with Crippen molar-refractivity contribution < 1.29 is 14.0 Å². The molecule has 0 heterocycles. The molecule has 2 aromatic rings. The predicted molar refractivity (Wildman–Crippen MR) is 92.4 cm³/mol. The Balaban J connectivity index is 1.89. The quantitative estimate of drug-likeness (QED) is 0.805. The molecule has 3 nitrogen and oxygen atoms in total. The Hall–Kier alpha value is -2.49. The molecule has 0 spiro atoms. The highest BCUT2D eigenvalue weighted by molar-refractivity contribution is 5.98. The van der Waals surface area contributed by atoms with Crippen molar-refractivity contribution in [2.24, 2.45) is 0 Å². The molecule has 2 rings (SSSR count). The molecule has 2 aromatic carbocycles. The van der Waals surface area contributed by atoms with E-state index in [4.69, 9.17) is 0 Å². The molecule has 24 heavy (non-hydrogen) atoms. The summed E-state index contributed by atoms with van der Waals surface area (Å²) in [6.07, 6.45) is 0.225. The van der Waals surface area contributed by atoms with E-state index in [1.54, 1.807) is 31.2 Å². The van der Waals surface area contributed by atoms with Crippen LogP contribution in [-0.4, -0.2) is 11.7 Å². The lowest BCUT2D eigenvalue weighted by molar-refractivity contribution is -0.121. The van der Waals surface area contributed by atoms with E-state index in [2.05, 4.69) is 5.32 Å². The van der Waals surface area contributed by atoms with Gasteiger partial charge in [-0.15, -0.1) is 0 Å². The Labute approximate surface area is 141 Å². The van der Waals surface area contributed by atoms with E-state index in [0.717, 1.165) is 11.1 Å². The van der Waals surface area contributed by atoms with Crippen LogP contribution in [0.3, 0.4) is 0 Å². The van der Waals surface area contributed by atoms with Crippen LogP contribution >= 0.6 is 0 Å². The molecular weight excluding hydrogens is 305 g/mol. The average Bonchev–Trinajstić information content (AvgIpc) is 2.55. The molecule has 1 atom stereocenters. The maximum absolute atomic E-state index is 13.7. The van der Waals surface area contributed by atoms with E-state index in [-0.39, 0.29) is 30.3 Å². The lowest BCUT2D eigenvalue weighted by Crippen LogP contribution is -2.27. The van der Waals surface area contributed by atoms with Crippen molar-refractivity contribution in [3.63, 3.8) is 0 Å². The van der Waals surface area contributed by atoms with Crippen LogP contribution in [0.25, 0.3) is 0 Å². The predicted octanol–water partition coefficient (Wildman–Crippen LogP) is 4.28. The van der Waals surface area contributed by atoms with E-state index in [1.165, 1.54) is 6.07 Å². The van der Waals surface area contributed by atoms with Crippen LogP contribution in [-0.2, 0) is 4.79 Å². The van der Waals surface area contributed by atoms with Gasteiger partial charge in [-0.3, -0.25) is 9.59 Å². The van der Waals surface area contributed by atoms with Crippen molar-refractivity contribution in [2.45, 2.75) is 39.7 Å². The number of Topliss-reactive ketones (excluding diaryl/α,β-unsaturated/α-hetero) is 1. The van der Waals surface area contributed by atoms with E-state index in [9.17, 15) is 14.0 Å². The van der Waals surface area contributed by atoms with Crippen LogP contribution in [0, 0.1) is 19.7 Å². The van der Waals surface area contributed by atoms with Gasteiger partial charge in [-0.25, -0.2) is 4.39 Å². The smallest absolute Gasteiger partial charge is 0.220 e. The number of halogens is 1. The minimum atomic E-state index is -0.435. The number of ketones is 1. The highest BCUT2D eigenvalue weighted by Crippen LogP contribution is 2.17. The highest BCUT2D eigenvalue weighted by Gasteiger charge is 2.15. The fourth-order valence-electron chi connectivity index (χ4n) is 2.50. The first kappa shape index (κ1) is 17.9. The van der Waals surface area contributed by atoms with Crippen LogP contribution < -0.4 is 5.32 Å². The van der Waals surface area contributed by atoms with E-state index < -0.39 is 6.04 Å². The maximum Gasteiger partial charge on any atom is 0.220 e. The number of rotatable bonds is 6. The summed E-state index contributed by atoms with van der Waals surface area (Å²) in [6.45, 7) is 5.66. The van der Waals surface area contributed by atoms with Crippen LogP contribution in [0.4, 0.5) is 4.39 Å². The molecule has 0 aliphatic rings. The summed E-state index contributed by atoms with van der Waals surface area (Å²) in [6, 6.07) is 11.4. The monoisotopic (exact) mass is 327 g/mol. The molecule has 4 heteroatoms. The second-order valence-corrected chi connectivity index (χ2v) is 6.03. The molecule has 0 aromatic heterocycles. The summed E-state index contributed by atoms with van der Waals surface area (Å²) >= 11 is 0. The number of amides is 1. The summed E-state index contributed by atoms with van der Waals surface area (Å²) in [4.78, 5) is 24.2. The van der Waals surface area contributed by atoms with Gasteiger partial charge in [0.2, 0.25) is 5.91 Å². The van der Waals surface area contributed by atoms with Gasteiger partial charge in [-0.1, -0.05) is 30.3 Å². The van der Waals surface area contributed by atoms with E-state index in [1.807, 2.05) is 26.0 Å². The lowest BCUT2D eigenvalue weighted by atomic mass is 10.0. The van der Waals surface area contributed by atoms with Gasteiger partial charge in [-0.2, -0.15) is 0 Å². The van der Waals surface area contributed by atoms with Gasteiger partial charge in [0, 0.05) is 24.0 Å². The minimum Gasteiger partial charge on any atom is -0.349 e. The zero-order chi connectivity index (χ0) is 17.7. The van der Waals surface area contributed by atoms with E-state index >= 15 is 0 Å². The standard InChI is InChI=1S/C20H22FNO2/c1-13-8-9-16(12-14(13)2)19(23)10-11-20(24)22-15(3)17-6-4-5-7-18(17)21/h4-9,12,15H,10-11H2,1-3H3,(H,22,24). The molecule has 0 bridgehead atoms. The summed E-state index contributed by atoms with van der Waals surface area (Å²) in [5.74, 6) is -0.675. The Bertz CT molecular complexity index is 755. The summed E-state index contributed by atoms with van der Waals surface area (Å²) in [5.41, 5.74) is 3.24. The molecule has 1 unspecified atom stereocenters. The number of benzene rings is 2. The van der Waals surface area contributed by atoms with Crippen LogP contribution in [0.1, 0.15) is 52.9 Å². The molecule has 0 aliphatic carbocycles. The summed E-state index contributed by atoms with van der Waals surface area (Å²) in [7, 11) is 0. The Morgan fingerprint density at radius 3 is 2.42 bits per heavy atom. The SMILES string of the molecule is Cc1ccc(C(=O)CCC(=O)NC(C)c2ccccc2F)cc1C. The Kier molecular flexibility index (Phi) is 5.85. The van der Waals surface area contributed by atoms with Crippen LogP contribution in [0.5, 0.6) is 0 Å². The second kappa shape index (κ2) is 7.86. The molecule has 0 saturated carbocycles. The fourth-order valence-corrected chi connectivity index (χ4v) is 2.50. The van der Waals surface area contributed by atoms with Crippen LogP contribution in [0.2, 0.25) is 0 Å². The Morgan fingerprint density at radius 2 is 1.75 bits per heavy atom. The summed E-state index contributed by atoms with van der Waals surface area (Å²) in [5, 5.41) is 2.73. The van der Waals surface area contributed by atoms with Gasteiger partial charge in [0.1, 0.15) is 5.82 Å². The van der Waals surface area contributed by atoms with Crippen molar-refractivity contribution in [1.82, 2.24) is 5.32 Å². The number of nitrogens with one attached hydrogen (secondary N) is 1. The number of hydrogen-bond acceptors (Lipinski definition) is 2. The average molecular weight is 327 g/mol. The van der Waals surface area contributed by atoms with Gasteiger partial charge >= 0.3 is 0 Å². The van der Waals surface area contributed by atoms with Crippen molar-refractivity contribution in [3.05, 3.63) is 70.5 Å². The fraction of sp³-hybridized carbons (Fsp3) is 0.300. The highest BCUT2D eigenvalue weighted by atomic mass is 19.1. The van der Waals surface area contributed by atoms with Gasteiger partial charge in [-0.05, 0) is 44.0 Å². The van der Waals surface area contributed by atoms with Crippen molar-refractivity contribution in [1.29, 1.82) is 0 Å². The lowest BCUT2D eigenvalue weighted by Gasteiger charge is -2.15. The number of hydrogen-bond donors (Lipinski definition) is 1. The first-order chi connectivity index (χ1) is 11.4. The molecule has 126 valence electrons. The third-order valence-electron chi connectivity index (χ3n) is 4.16. The zero-order valence-electron chi connectivity index (χ0n) is 14.2. The number of carbonyl (C=O) groups is 2. The molecule has 0 saturated heterocycles. The topological polar surface area (TPSA) is 46.2 Å². The van der Waals surface area contributed by atoms with Crippen molar-refractivity contribution in [3.8, 4) is 0 Å². The van der Waals surface area contributed by atoms with Crippen molar-refractivity contribution >= 4 is 11.7 Å². The van der Waals surface area contributed by atoms with Gasteiger partial charge < -0.3 is 5.32 Å². The maximum atomic E-state index is 13.7. The first-order valence-electron chi connectivity index (χ1n) is 8.02. The minimum absolute atomic E-state index is 0.0632. The van der Waals surface area contributed by atoms with Gasteiger partial charge in [0.15, 0.2) is 5.78 Å². The van der Waals surface area contributed by atoms with E-state index in [0.29, 0.717) is 11.1 Å². The molecule has 0 radical (unpaired) electrons. The Morgan fingerprint density at radius 1 is 1.04 bits per heavy atom. The largest absolute Gasteiger partial charge is 0.349 e. The third kappa shape index (κ3) is 4.51. The third-order valence-corrected chi connectivity index (χ3v) is 4.16. The molecule has 0 aliphatic heterocycles. The second-order valence-electron chi connectivity index (χ2n) is 6.03. The normalized spacial score (nSPS) is 11.8. The van der Waals surface area contributed by atoms with Crippen LogP contribution in [0.15, 0.2) is 42.5 Å². The number of carbonyl (C=O) groups excluding carboxylic acids is 2. The molecule has 1 amide bonds. The van der Waals surface area contributed by atoms with Gasteiger partial charge in [0.05, 0.1) is 6.04 Å². The first-order valence-corrected chi connectivity index (χ1v) is 8.02. The van der Waals surface area contributed by atoms with Gasteiger partial charge in [0.25, 0.3) is 0 Å². The summed E-state index contributed by atoms with van der Waals surface area (Å²) < 4.78 is 13.7. The zero-order valence-corrected chi connectivity index (χ0v) is 14.2. The van der Waals surface area contributed by atoms with Crippen molar-refractivity contribution in [2.75, 3.05) is 0 Å². The molecular formula is C20H22FNO2. The molecule has 0 fully saturated rings. The number of aryl methyl sites for hydroxylation is 2.